The lowest BCUT2D eigenvalue weighted by Crippen LogP contribution is -2.30. The molecule has 0 atom stereocenters. The molecule has 2 aromatic rings. The second kappa shape index (κ2) is 6.32. The summed E-state index contributed by atoms with van der Waals surface area (Å²) in [7, 11) is 0. The summed E-state index contributed by atoms with van der Waals surface area (Å²) < 4.78 is 12.8. The van der Waals surface area contributed by atoms with Crippen LogP contribution >= 0.6 is 11.8 Å². The van der Waals surface area contributed by atoms with Crippen LogP contribution in [0, 0.1) is 5.82 Å². The minimum atomic E-state index is -0.254. The van der Waals surface area contributed by atoms with Crippen LogP contribution in [-0.2, 0) is 0 Å². The summed E-state index contributed by atoms with van der Waals surface area (Å²) in [4.78, 5) is 26.6. The lowest BCUT2D eigenvalue weighted by molar-refractivity contribution is 0.0655. The van der Waals surface area contributed by atoms with Crippen molar-refractivity contribution in [3.63, 3.8) is 0 Å². The number of rotatable bonds is 5. The van der Waals surface area contributed by atoms with E-state index in [2.05, 4.69) is 0 Å². The highest BCUT2D eigenvalue weighted by molar-refractivity contribution is 7.99. The maximum absolute atomic E-state index is 12.8. The number of fused-ring (bicyclic) bond motifs is 1. The number of hydrogen-bond donors (Lipinski definition) is 0. The molecule has 3 rings (SSSR count). The topological polar surface area (TPSA) is 37.4 Å². The quantitative estimate of drug-likeness (QED) is 0.480. The van der Waals surface area contributed by atoms with E-state index in [-0.39, 0.29) is 17.6 Å². The first-order chi connectivity index (χ1) is 10.7. The summed E-state index contributed by atoms with van der Waals surface area (Å²) in [6, 6.07) is 13.2. The van der Waals surface area contributed by atoms with E-state index in [1.54, 1.807) is 48.2 Å². The van der Waals surface area contributed by atoms with Crippen LogP contribution in [-0.4, -0.2) is 29.0 Å². The van der Waals surface area contributed by atoms with E-state index in [0.717, 1.165) is 10.6 Å². The van der Waals surface area contributed by atoms with Gasteiger partial charge in [-0.3, -0.25) is 14.5 Å². The predicted octanol–water partition coefficient (Wildman–Crippen LogP) is 3.60. The van der Waals surface area contributed by atoms with E-state index < -0.39 is 0 Å². The van der Waals surface area contributed by atoms with Crippen LogP contribution in [0.15, 0.2) is 53.4 Å². The van der Waals surface area contributed by atoms with Crippen LogP contribution < -0.4 is 0 Å². The zero-order chi connectivity index (χ0) is 15.5. The maximum atomic E-state index is 12.8. The molecule has 22 heavy (non-hydrogen) atoms. The normalized spacial score (nSPS) is 13.6. The Kier molecular flexibility index (Phi) is 4.24. The summed E-state index contributed by atoms with van der Waals surface area (Å²) in [6.45, 7) is 0.403. The number of carbonyl (C=O) groups excluding carboxylic acids is 2. The van der Waals surface area contributed by atoms with Gasteiger partial charge in [-0.15, -0.1) is 11.8 Å². The number of nitrogens with zero attached hydrogens (tertiary/aromatic N) is 1. The van der Waals surface area contributed by atoms with Crippen LogP contribution in [0.3, 0.4) is 0 Å². The Hall–Kier alpha value is -2.14. The van der Waals surface area contributed by atoms with Crippen molar-refractivity contribution in [1.82, 2.24) is 4.90 Å². The first-order valence-electron chi connectivity index (χ1n) is 7.00. The van der Waals surface area contributed by atoms with Crippen LogP contribution in [0.5, 0.6) is 0 Å². The van der Waals surface area contributed by atoms with Gasteiger partial charge in [0, 0.05) is 11.4 Å². The van der Waals surface area contributed by atoms with Crippen LogP contribution in [0.4, 0.5) is 4.39 Å². The minimum absolute atomic E-state index is 0.215. The van der Waals surface area contributed by atoms with E-state index in [9.17, 15) is 14.0 Å². The molecule has 0 radical (unpaired) electrons. The molecule has 0 aromatic heterocycles. The van der Waals surface area contributed by atoms with Crippen molar-refractivity contribution in [2.45, 2.75) is 11.3 Å². The highest BCUT2D eigenvalue weighted by Crippen LogP contribution is 2.24. The van der Waals surface area contributed by atoms with Gasteiger partial charge in [0.1, 0.15) is 5.82 Å². The van der Waals surface area contributed by atoms with Gasteiger partial charge in [0.15, 0.2) is 0 Å². The fourth-order valence-corrected chi connectivity index (χ4v) is 3.22. The van der Waals surface area contributed by atoms with E-state index in [4.69, 9.17) is 0 Å². The monoisotopic (exact) mass is 315 g/mol. The van der Waals surface area contributed by atoms with E-state index in [1.807, 2.05) is 0 Å². The Bertz CT molecular complexity index is 680. The smallest absolute Gasteiger partial charge is 0.261 e. The lowest BCUT2D eigenvalue weighted by atomic mass is 10.1. The largest absolute Gasteiger partial charge is 0.274 e. The molecule has 0 bridgehead atoms. The zero-order valence-corrected chi connectivity index (χ0v) is 12.6. The Balaban J connectivity index is 1.54. The molecule has 0 N–H and O–H groups in total. The van der Waals surface area contributed by atoms with Crippen molar-refractivity contribution < 1.29 is 14.0 Å². The van der Waals surface area contributed by atoms with Crippen molar-refractivity contribution in [3.8, 4) is 0 Å². The molecule has 0 unspecified atom stereocenters. The lowest BCUT2D eigenvalue weighted by Gasteiger charge is -2.13. The second-order valence-electron chi connectivity index (χ2n) is 4.96. The van der Waals surface area contributed by atoms with Gasteiger partial charge in [-0.05, 0) is 48.6 Å². The van der Waals surface area contributed by atoms with Crippen molar-refractivity contribution in [1.29, 1.82) is 0 Å². The van der Waals surface area contributed by atoms with Gasteiger partial charge in [-0.1, -0.05) is 12.1 Å². The van der Waals surface area contributed by atoms with Gasteiger partial charge in [0.05, 0.1) is 11.1 Å². The van der Waals surface area contributed by atoms with Gasteiger partial charge in [0.25, 0.3) is 11.8 Å². The molecular weight excluding hydrogens is 301 g/mol. The Labute approximate surface area is 132 Å². The van der Waals surface area contributed by atoms with Crippen LogP contribution in [0.1, 0.15) is 27.1 Å². The molecule has 3 nitrogen and oxygen atoms in total. The fourth-order valence-electron chi connectivity index (χ4n) is 2.39. The number of thioether (sulfide) groups is 1. The van der Waals surface area contributed by atoms with Crippen molar-refractivity contribution in [2.75, 3.05) is 12.3 Å². The molecule has 1 aliphatic heterocycles. The maximum Gasteiger partial charge on any atom is 0.261 e. The van der Waals surface area contributed by atoms with Gasteiger partial charge in [-0.25, -0.2) is 4.39 Å². The molecular formula is C17H14FNO2S. The number of imide groups is 1. The summed E-state index contributed by atoms with van der Waals surface area (Å²) in [5, 5.41) is 0. The third-order valence-electron chi connectivity index (χ3n) is 3.49. The average Bonchev–Trinajstić information content (AvgIpc) is 2.78. The van der Waals surface area contributed by atoms with Gasteiger partial charge in [0.2, 0.25) is 0 Å². The van der Waals surface area contributed by atoms with Gasteiger partial charge >= 0.3 is 0 Å². The summed E-state index contributed by atoms with van der Waals surface area (Å²) in [6.07, 6.45) is 0.702. The van der Waals surface area contributed by atoms with E-state index >= 15 is 0 Å². The first kappa shape index (κ1) is 14.8. The van der Waals surface area contributed by atoms with Crippen LogP contribution in [0.25, 0.3) is 0 Å². The Morgan fingerprint density at radius 1 is 0.909 bits per heavy atom. The standard InChI is InChI=1S/C17H14FNO2S/c18-12-6-8-13(9-7-12)22-11-3-10-19-16(20)14-4-1-2-5-15(14)17(19)21/h1-2,4-9H,3,10-11H2. The number of halogens is 1. The summed E-state index contributed by atoms with van der Waals surface area (Å²) in [5.74, 6) is 0.0779. The van der Waals surface area contributed by atoms with E-state index in [0.29, 0.717) is 24.1 Å². The molecule has 5 heteroatoms. The molecule has 1 aliphatic rings. The molecule has 1 heterocycles. The number of benzene rings is 2. The highest BCUT2D eigenvalue weighted by Gasteiger charge is 2.34. The molecule has 2 aromatic carbocycles. The molecule has 2 amide bonds. The van der Waals surface area contributed by atoms with E-state index in [1.165, 1.54) is 17.0 Å². The zero-order valence-electron chi connectivity index (χ0n) is 11.8. The molecule has 112 valence electrons. The minimum Gasteiger partial charge on any atom is -0.274 e. The predicted molar refractivity (Wildman–Crippen MR) is 83.6 cm³/mol. The first-order valence-corrected chi connectivity index (χ1v) is 7.99. The molecule has 0 fully saturated rings. The SMILES string of the molecule is O=C1c2ccccc2C(=O)N1CCCSc1ccc(F)cc1. The number of hydrogen-bond acceptors (Lipinski definition) is 3. The summed E-state index contributed by atoms with van der Waals surface area (Å²) >= 11 is 1.58. The van der Waals surface area contributed by atoms with Crippen molar-refractivity contribution >= 4 is 23.6 Å². The summed E-state index contributed by atoms with van der Waals surface area (Å²) in [5.41, 5.74) is 0.970. The number of carbonyl (C=O) groups is 2. The molecule has 0 spiro atoms. The second-order valence-corrected chi connectivity index (χ2v) is 6.13. The van der Waals surface area contributed by atoms with Crippen LogP contribution in [0.2, 0.25) is 0 Å². The third-order valence-corrected chi connectivity index (χ3v) is 4.58. The fraction of sp³-hybridized carbons (Fsp3) is 0.176. The molecule has 0 aliphatic carbocycles. The Morgan fingerprint density at radius 2 is 1.50 bits per heavy atom. The third kappa shape index (κ3) is 2.90. The highest BCUT2D eigenvalue weighted by atomic mass is 32.2. The van der Waals surface area contributed by atoms with Gasteiger partial charge < -0.3 is 0 Å². The molecule has 0 saturated carbocycles. The average molecular weight is 315 g/mol. The Morgan fingerprint density at radius 3 is 2.09 bits per heavy atom. The van der Waals surface area contributed by atoms with Crippen molar-refractivity contribution in [2.24, 2.45) is 0 Å². The van der Waals surface area contributed by atoms with Gasteiger partial charge in [-0.2, -0.15) is 0 Å². The number of amides is 2. The molecule has 0 saturated heterocycles. The van der Waals surface area contributed by atoms with Crippen molar-refractivity contribution in [3.05, 3.63) is 65.5 Å².